The second-order valence-corrected chi connectivity index (χ2v) is 6.77. The summed E-state index contributed by atoms with van der Waals surface area (Å²) in [7, 11) is 1.37. The van der Waals surface area contributed by atoms with Gasteiger partial charge in [-0.2, -0.15) is 0 Å². The highest BCUT2D eigenvalue weighted by atomic mass is 32.2. The number of methoxy groups -OCH3 is 1. The van der Waals surface area contributed by atoms with Gasteiger partial charge in [0.05, 0.1) is 29.7 Å². The topological polar surface area (TPSA) is 116 Å². The van der Waals surface area contributed by atoms with Crippen LogP contribution in [0.4, 0.5) is 11.4 Å². The number of thioether (sulfide) groups is 1. The summed E-state index contributed by atoms with van der Waals surface area (Å²) in [4.78, 5) is 39.4. The number of anilines is 1. The van der Waals surface area contributed by atoms with E-state index < -0.39 is 10.8 Å². The van der Waals surface area contributed by atoms with E-state index in [0.29, 0.717) is 22.2 Å². The Kier molecular flexibility index (Phi) is 4.94. The van der Waals surface area contributed by atoms with Crippen LogP contribution < -0.4 is 15.6 Å². The summed E-state index contributed by atoms with van der Waals surface area (Å²) in [6.07, 6.45) is 1.53. The van der Waals surface area contributed by atoms with Gasteiger partial charge in [0.1, 0.15) is 5.75 Å². The minimum Gasteiger partial charge on any atom is -0.494 e. The second-order valence-electron chi connectivity index (χ2n) is 5.78. The van der Waals surface area contributed by atoms with Crippen molar-refractivity contribution in [2.45, 2.75) is 18.6 Å². The molecule has 2 aromatic rings. The summed E-state index contributed by atoms with van der Waals surface area (Å²) in [6.45, 7) is 1.91. The monoisotopic (exact) mass is 376 g/mol. The smallest absolute Gasteiger partial charge is 0.273 e. The molecule has 1 N–H and O–H groups in total. The highest BCUT2D eigenvalue weighted by Crippen LogP contribution is 2.31. The lowest BCUT2D eigenvalue weighted by Gasteiger charge is -2.24. The van der Waals surface area contributed by atoms with E-state index in [9.17, 15) is 19.7 Å². The lowest BCUT2D eigenvalue weighted by molar-refractivity contribution is -0.384. The van der Waals surface area contributed by atoms with Crippen LogP contribution in [-0.2, 0) is 11.3 Å². The number of nitro groups is 1. The van der Waals surface area contributed by atoms with E-state index in [-0.39, 0.29) is 29.4 Å². The number of nitrogens with one attached hydrogen (secondary N) is 1. The lowest BCUT2D eigenvalue weighted by atomic mass is 10.1. The number of nitro benzene ring substituents is 1. The first-order valence-electron chi connectivity index (χ1n) is 7.73. The highest BCUT2D eigenvalue weighted by molar-refractivity contribution is 7.99. The summed E-state index contributed by atoms with van der Waals surface area (Å²) in [6, 6.07) is 3.97. The van der Waals surface area contributed by atoms with E-state index >= 15 is 0 Å². The normalized spacial score (nSPS) is 15.8. The van der Waals surface area contributed by atoms with Crippen molar-refractivity contribution in [3.8, 4) is 5.75 Å². The van der Waals surface area contributed by atoms with Crippen LogP contribution in [0.5, 0.6) is 5.75 Å². The zero-order valence-electron chi connectivity index (χ0n) is 14.1. The first-order chi connectivity index (χ1) is 12.4. The summed E-state index contributed by atoms with van der Waals surface area (Å²) < 4.78 is 6.63. The molecule has 1 aromatic carbocycles. The quantitative estimate of drug-likeness (QED) is 0.491. The number of ether oxygens (including phenoxy) is 1. The number of carbonyl (C=O) groups excluding carboxylic acids is 1. The van der Waals surface area contributed by atoms with E-state index in [1.54, 1.807) is 6.92 Å². The van der Waals surface area contributed by atoms with Gasteiger partial charge >= 0.3 is 0 Å². The number of fused-ring (bicyclic) bond motifs is 1. The third kappa shape index (κ3) is 3.40. The number of hydrogen-bond donors (Lipinski definition) is 1. The van der Waals surface area contributed by atoms with Crippen molar-refractivity contribution in [1.29, 1.82) is 0 Å². The van der Waals surface area contributed by atoms with Crippen molar-refractivity contribution in [2.24, 2.45) is 5.92 Å². The molecule has 0 bridgehead atoms. The average molecular weight is 376 g/mol. The predicted molar refractivity (Wildman–Crippen MR) is 95.7 cm³/mol. The van der Waals surface area contributed by atoms with Gasteiger partial charge in [-0.3, -0.25) is 24.3 Å². The first-order valence-corrected chi connectivity index (χ1v) is 8.71. The standard InChI is InChI=1S/C16H16N4O5S/c1-9-6-17-16-19(15(9)22)7-10(8-26-16)14(21)18-12-4-3-11(20(23)24)5-13(12)25-2/h3-6,10H,7-8H2,1-2H3,(H,18,21). The Hall–Kier alpha value is -2.88. The Labute approximate surface area is 152 Å². The highest BCUT2D eigenvalue weighted by Gasteiger charge is 2.27. The SMILES string of the molecule is COc1cc([N+](=O)[O-])ccc1NC(=O)C1CSc2ncc(C)c(=O)n2C1. The van der Waals surface area contributed by atoms with Gasteiger partial charge in [0.2, 0.25) is 5.91 Å². The molecular formula is C16H16N4O5S. The molecule has 1 amide bonds. The molecule has 0 fully saturated rings. The third-order valence-electron chi connectivity index (χ3n) is 4.02. The van der Waals surface area contributed by atoms with Crippen molar-refractivity contribution in [3.05, 3.63) is 50.4 Å². The number of hydrogen-bond acceptors (Lipinski definition) is 7. The second kappa shape index (κ2) is 7.16. The fourth-order valence-corrected chi connectivity index (χ4v) is 3.64. The van der Waals surface area contributed by atoms with E-state index in [1.165, 1.54) is 47.8 Å². The minimum absolute atomic E-state index is 0.130. The summed E-state index contributed by atoms with van der Waals surface area (Å²) in [5, 5.41) is 14.2. The molecule has 1 unspecified atom stereocenters. The van der Waals surface area contributed by atoms with Crippen LogP contribution in [0.1, 0.15) is 5.56 Å². The molecule has 1 aromatic heterocycles. The Bertz CT molecular complexity index is 943. The van der Waals surface area contributed by atoms with Gasteiger partial charge in [0, 0.05) is 30.1 Å². The molecule has 136 valence electrons. The molecule has 26 heavy (non-hydrogen) atoms. The Balaban J connectivity index is 1.80. The van der Waals surface area contributed by atoms with Crippen LogP contribution in [0.15, 0.2) is 34.3 Å². The molecule has 0 radical (unpaired) electrons. The first kappa shape index (κ1) is 17.9. The van der Waals surface area contributed by atoms with Crippen molar-refractivity contribution < 1.29 is 14.5 Å². The van der Waals surface area contributed by atoms with Crippen LogP contribution in [0, 0.1) is 23.0 Å². The molecule has 2 heterocycles. The van der Waals surface area contributed by atoms with Crippen molar-refractivity contribution in [1.82, 2.24) is 9.55 Å². The van der Waals surface area contributed by atoms with Gasteiger partial charge in [-0.25, -0.2) is 4.98 Å². The molecular weight excluding hydrogens is 360 g/mol. The summed E-state index contributed by atoms with van der Waals surface area (Å²) in [5.41, 5.74) is 0.573. The Morgan fingerprint density at radius 2 is 2.27 bits per heavy atom. The number of carbonyl (C=O) groups is 1. The fraction of sp³-hybridized carbons (Fsp3) is 0.312. The number of non-ortho nitro benzene ring substituents is 1. The Morgan fingerprint density at radius 3 is 2.96 bits per heavy atom. The van der Waals surface area contributed by atoms with Gasteiger partial charge in [0.25, 0.3) is 11.2 Å². The number of nitrogens with zero attached hydrogens (tertiary/aromatic N) is 3. The van der Waals surface area contributed by atoms with E-state index in [1.807, 2.05) is 0 Å². The largest absolute Gasteiger partial charge is 0.494 e. The van der Waals surface area contributed by atoms with Crippen LogP contribution in [-0.4, -0.2) is 33.2 Å². The maximum atomic E-state index is 12.6. The van der Waals surface area contributed by atoms with Crippen molar-refractivity contribution in [3.63, 3.8) is 0 Å². The summed E-state index contributed by atoms with van der Waals surface area (Å²) in [5.74, 6) is -0.0418. The molecule has 3 rings (SSSR count). The van der Waals surface area contributed by atoms with Crippen molar-refractivity contribution in [2.75, 3.05) is 18.2 Å². The van der Waals surface area contributed by atoms with Gasteiger partial charge in [-0.15, -0.1) is 0 Å². The van der Waals surface area contributed by atoms with Crippen LogP contribution in [0.3, 0.4) is 0 Å². The van der Waals surface area contributed by atoms with Crippen LogP contribution >= 0.6 is 11.8 Å². The number of benzene rings is 1. The number of rotatable bonds is 4. The lowest BCUT2D eigenvalue weighted by Crippen LogP contribution is -2.37. The zero-order chi connectivity index (χ0) is 18.8. The maximum absolute atomic E-state index is 12.6. The predicted octanol–water partition coefficient (Wildman–Crippen LogP) is 1.83. The van der Waals surface area contributed by atoms with Gasteiger partial charge in [-0.1, -0.05) is 11.8 Å². The van der Waals surface area contributed by atoms with Crippen LogP contribution in [0.25, 0.3) is 0 Å². The van der Waals surface area contributed by atoms with Gasteiger partial charge < -0.3 is 10.1 Å². The van der Waals surface area contributed by atoms with Gasteiger partial charge in [-0.05, 0) is 13.0 Å². The third-order valence-corrected chi connectivity index (χ3v) is 5.18. The average Bonchev–Trinajstić information content (AvgIpc) is 2.64. The molecule has 1 aliphatic heterocycles. The molecule has 0 saturated heterocycles. The molecule has 1 aliphatic rings. The van der Waals surface area contributed by atoms with Crippen LogP contribution in [0.2, 0.25) is 0 Å². The van der Waals surface area contributed by atoms with E-state index in [4.69, 9.17) is 4.74 Å². The molecule has 9 nitrogen and oxygen atoms in total. The van der Waals surface area contributed by atoms with Gasteiger partial charge in [0.15, 0.2) is 5.16 Å². The molecule has 0 spiro atoms. The summed E-state index contributed by atoms with van der Waals surface area (Å²) >= 11 is 1.35. The Morgan fingerprint density at radius 1 is 1.50 bits per heavy atom. The number of amides is 1. The molecule has 1 atom stereocenters. The minimum atomic E-state index is -0.537. The number of aryl methyl sites for hydroxylation is 1. The molecule has 0 aliphatic carbocycles. The fourth-order valence-electron chi connectivity index (χ4n) is 2.59. The van der Waals surface area contributed by atoms with E-state index in [2.05, 4.69) is 10.3 Å². The number of aromatic nitrogens is 2. The maximum Gasteiger partial charge on any atom is 0.273 e. The van der Waals surface area contributed by atoms with E-state index in [0.717, 1.165) is 0 Å². The van der Waals surface area contributed by atoms with Crippen molar-refractivity contribution >= 4 is 29.0 Å². The molecule has 10 heteroatoms. The zero-order valence-corrected chi connectivity index (χ0v) is 14.9. The molecule has 0 saturated carbocycles.